The van der Waals surface area contributed by atoms with E-state index in [4.69, 9.17) is 0 Å². The molecular formula is C24H20F5O. The van der Waals surface area contributed by atoms with Crippen molar-refractivity contribution >= 4 is 0 Å². The van der Waals surface area contributed by atoms with Crippen LogP contribution in [-0.2, 0) is 17.9 Å². The quantitative estimate of drug-likeness (QED) is 0.287. The van der Waals surface area contributed by atoms with E-state index in [-0.39, 0.29) is 23.1 Å². The summed E-state index contributed by atoms with van der Waals surface area (Å²) < 4.78 is 70.0. The SMILES string of the molecule is CCCCc1ccc(-c2c(CC)c(F)c(F)c([O])c2-c2cc(F)c(F)c(F)c2)cc1. The number of rotatable bonds is 6. The third-order valence-corrected chi connectivity index (χ3v) is 5.12. The lowest BCUT2D eigenvalue weighted by molar-refractivity contribution is 0.321. The fraction of sp³-hybridized carbons (Fsp3) is 0.250. The molecule has 30 heavy (non-hydrogen) atoms. The first-order valence-electron chi connectivity index (χ1n) is 9.75. The third-order valence-electron chi connectivity index (χ3n) is 5.12. The molecule has 0 amide bonds. The molecule has 3 aromatic carbocycles. The van der Waals surface area contributed by atoms with Gasteiger partial charge in [0.15, 0.2) is 23.3 Å². The molecule has 6 heteroatoms. The molecule has 0 saturated heterocycles. The van der Waals surface area contributed by atoms with Crippen molar-refractivity contribution in [3.05, 3.63) is 76.6 Å². The van der Waals surface area contributed by atoms with Gasteiger partial charge in [0.1, 0.15) is 0 Å². The number of aryl methyl sites for hydroxylation is 1. The van der Waals surface area contributed by atoms with E-state index in [2.05, 4.69) is 6.92 Å². The molecule has 0 fully saturated rings. The standard InChI is InChI=1S/C24H20F5O/c1-3-5-6-13-7-9-14(10-8-13)19-16(4-2)21(27)23(29)24(30)20(19)15-11-17(25)22(28)18(26)12-15/h7-12H,3-6H2,1-2H3. The maximum Gasteiger partial charge on any atom is 0.225 e. The Balaban J connectivity index is 2.31. The number of halogens is 5. The zero-order valence-corrected chi connectivity index (χ0v) is 16.6. The van der Waals surface area contributed by atoms with Gasteiger partial charge in [0.05, 0.1) is 0 Å². The maximum atomic E-state index is 14.6. The van der Waals surface area contributed by atoms with Crippen molar-refractivity contribution in [2.24, 2.45) is 0 Å². The molecule has 0 spiro atoms. The van der Waals surface area contributed by atoms with Crippen molar-refractivity contribution in [2.45, 2.75) is 39.5 Å². The number of benzene rings is 3. The number of hydrogen-bond donors (Lipinski definition) is 0. The second-order valence-corrected chi connectivity index (χ2v) is 7.09. The lowest BCUT2D eigenvalue weighted by Gasteiger charge is -2.18. The average Bonchev–Trinajstić information content (AvgIpc) is 2.74. The van der Waals surface area contributed by atoms with E-state index in [9.17, 15) is 27.1 Å². The second kappa shape index (κ2) is 8.86. The van der Waals surface area contributed by atoms with Gasteiger partial charge in [-0.05, 0) is 59.2 Å². The topological polar surface area (TPSA) is 19.9 Å². The summed E-state index contributed by atoms with van der Waals surface area (Å²) in [7, 11) is 0. The van der Waals surface area contributed by atoms with Crippen molar-refractivity contribution in [2.75, 3.05) is 0 Å². The van der Waals surface area contributed by atoms with Gasteiger partial charge in [0, 0.05) is 5.56 Å². The van der Waals surface area contributed by atoms with Crippen molar-refractivity contribution in [3.63, 3.8) is 0 Å². The Hall–Kier alpha value is -2.89. The van der Waals surface area contributed by atoms with Gasteiger partial charge in [-0.15, -0.1) is 0 Å². The van der Waals surface area contributed by atoms with Crippen LogP contribution in [0.5, 0.6) is 5.75 Å². The van der Waals surface area contributed by atoms with E-state index < -0.39 is 40.4 Å². The van der Waals surface area contributed by atoms with Gasteiger partial charge in [-0.3, -0.25) is 5.11 Å². The van der Waals surface area contributed by atoms with E-state index in [0.29, 0.717) is 17.7 Å². The van der Waals surface area contributed by atoms with Gasteiger partial charge in [-0.1, -0.05) is 44.5 Å². The van der Waals surface area contributed by atoms with E-state index in [1.165, 1.54) is 0 Å². The predicted octanol–water partition coefficient (Wildman–Crippen LogP) is 7.76. The first-order valence-corrected chi connectivity index (χ1v) is 9.75. The molecule has 157 valence electrons. The van der Waals surface area contributed by atoms with Crippen LogP contribution in [0.4, 0.5) is 22.0 Å². The monoisotopic (exact) mass is 419 g/mol. The largest absolute Gasteiger partial charge is 0.286 e. The van der Waals surface area contributed by atoms with Gasteiger partial charge in [0.2, 0.25) is 11.6 Å². The van der Waals surface area contributed by atoms with Crippen molar-refractivity contribution in [1.29, 1.82) is 0 Å². The molecule has 0 aliphatic carbocycles. The molecule has 0 aliphatic heterocycles. The summed E-state index contributed by atoms with van der Waals surface area (Å²) in [5.41, 5.74) is 0.648. The number of hydrogen-bond acceptors (Lipinski definition) is 0. The van der Waals surface area contributed by atoms with E-state index >= 15 is 0 Å². The van der Waals surface area contributed by atoms with Crippen molar-refractivity contribution < 1.29 is 27.1 Å². The predicted molar refractivity (Wildman–Crippen MR) is 105 cm³/mol. The molecule has 0 saturated carbocycles. The number of unbranched alkanes of at least 4 members (excludes halogenated alkanes) is 1. The molecule has 0 unspecified atom stereocenters. The molecule has 0 aromatic heterocycles. The molecule has 3 aromatic rings. The molecule has 0 heterocycles. The van der Waals surface area contributed by atoms with Gasteiger partial charge in [0.25, 0.3) is 0 Å². The average molecular weight is 419 g/mol. The highest BCUT2D eigenvalue weighted by Crippen LogP contribution is 2.45. The lowest BCUT2D eigenvalue weighted by atomic mass is 9.87. The zero-order valence-electron chi connectivity index (χ0n) is 16.6. The van der Waals surface area contributed by atoms with Crippen LogP contribution in [0, 0.1) is 29.1 Å². The zero-order chi connectivity index (χ0) is 22.0. The van der Waals surface area contributed by atoms with E-state index in [1.807, 2.05) is 12.1 Å². The Morgan fingerprint density at radius 1 is 0.733 bits per heavy atom. The van der Waals surface area contributed by atoms with E-state index in [0.717, 1.165) is 24.8 Å². The van der Waals surface area contributed by atoms with Crippen LogP contribution >= 0.6 is 0 Å². The minimum atomic E-state index is -1.70. The first-order chi connectivity index (χ1) is 14.3. The molecule has 3 rings (SSSR count). The Morgan fingerprint density at radius 2 is 1.33 bits per heavy atom. The highest BCUT2D eigenvalue weighted by Gasteiger charge is 2.28. The van der Waals surface area contributed by atoms with Gasteiger partial charge in [-0.2, -0.15) is 4.39 Å². The van der Waals surface area contributed by atoms with Crippen LogP contribution in [0.15, 0.2) is 36.4 Å². The van der Waals surface area contributed by atoms with Crippen LogP contribution in [-0.4, -0.2) is 0 Å². The summed E-state index contributed by atoms with van der Waals surface area (Å²) >= 11 is 0. The fourth-order valence-corrected chi connectivity index (χ4v) is 3.56. The highest BCUT2D eigenvalue weighted by atomic mass is 19.2. The maximum absolute atomic E-state index is 14.6. The van der Waals surface area contributed by atoms with Crippen LogP contribution in [0.25, 0.3) is 22.3 Å². The lowest BCUT2D eigenvalue weighted by Crippen LogP contribution is -2.02. The van der Waals surface area contributed by atoms with Crippen molar-refractivity contribution in [1.82, 2.24) is 0 Å². The highest BCUT2D eigenvalue weighted by molar-refractivity contribution is 5.90. The van der Waals surface area contributed by atoms with E-state index in [1.54, 1.807) is 19.1 Å². The van der Waals surface area contributed by atoms with Crippen LogP contribution < -0.4 is 0 Å². The summed E-state index contributed by atoms with van der Waals surface area (Å²) in [6.45, 7) is 3.64. The third kappa shape index (κ3) is 3.91. The Labute approximate surface area is 171 Å². The first kappa shape index (κ1) is 21.8. The summed E-state index contributed by atoms with van der Waals surface area (Å²) in [6, 6.07) is 8.18. The molecule has 0 N–H and O–H groups in total. The summed E-state index contributed by atoms with van der Waals surface area (Å²) in [4.78, 5) is 0. The normalized spacial score (nSPS) is 11.2. The minimum Gasteiger partial charge on any atom is -0.286 e. The van der Waals surface area contributed by atoms with Crippen LogP contribution in [0.3, 0.4) is 0 Å². The Bertz CT molecular complexity index is 1050. The molecule has 0 atom stereocenters. The van der Waals surface area contributed by atoms with Crippen LogP contribution in [0.1, 0.15) is 37.8 Å². The van der Waals surface area contributed by atoms with Gasteiger partial charge in [-0.25, -0.2) is 17.6 Å². The second-order valence-electron chi connectivity index (χ2n) is 7.09. The smallest absolute Gasteiger partial charge is 0.225 e. The van der Waals surface area contributed by atoms with Gasteiger partial charge < -0.3 is 0 Å². The Morgan fingerprint density at radius 3 is 1.87 bits per heavy atom. The summed E-state index contributed by atoms with van der Waals surface area (Å²) in [6.07, 6.45) is 2.86. The molecule has 0 bridgehead atoms. The molecule has 0 aliphatic rings. The molecule has 1 nitrogen and oxygen atoms in total. The Kier molecular flexibility index (Phi) is 6.44. The minimum absolute atomic E-state index is 0.0368. The molecular weight excluding hydrogens is 399 g/mol. The fourth-order valence-electron chi connectivity index (χ4n) is 3.56. The summed E-state index contributed by atoms with van der Waals surface area (Å²) in [5.74, 6) is -9.00. The van der Waals surface area contributed by atoms with Gasteiger partial charge >= 0.3 is 0 Å². The van der Waals surface area contributed by atoms with Crippen LogP contribution in [0.2, 0.25) is 0 Å². The van der Waals surface area contributed by atoms with Crippen molar-refractivity contribution in [3.8, 4) is 28.0 Å². The molecule has 1 radical (unpaired) electrons. The summed E-state index contributed by atoms with van der Waals surface area (Å²) in [5, 5.41) is 12.6.